The Morgan fingerprint density at radius 1 is 1.04 bits per heavy atom. The van der Waals surface area contributed by atoms with Gasteiger partial charge < -0.3 is 15.3 Å². The van der Waals surface area contributed by atoms with E-state index in [9.17, 15) is 14.4 Å². The molecule has 0 bridgehead atoms. The summed E-state index contributed by atoms with van der Waals surface area (Å²) in [4.78, 5) is 36.4. The van der Waals surface area contributed by atoms with Crippen molar-refractivity contribution in [2.24, 2.45) is 0 Å². The van der Waals surface area contributed by atoms with Crippen LogP contribution >= 0.6 is 0 Å². The van der Waals surface area contributed by atoms with Gasteiger partial charge in [-0.05, 0) is 29.8 Å². The van der Waals surface area contributed by atoms with Gasteiger partial charge in [0.05, 0.1) is 6.42 Å². The fourth-order valence-corrected chi connectivity index (χ4v) is 2.56. The second kappa shape index (κ2) is 8.82. The lowest BCUT2D eigenvalue weighted by Crippen LogP contribution is -2.35. The highest BCUT2D eigenvalue weighted by molar-refractivity contribution is 5.98. The van der Waals surface area contributed by atoms with Crippen LogP contribution in [0.5, 0.6) is 0 Å². The lowest BCUT2D eigenvalue weighted by molar-refractivity contribution is -0.138. The molecule has 2 N–H and O–H groups in total. The van der Waals surface area contributed by atoms with Crippen LogP contribution in [0.15, 0.2) is 42.5 Å². The number of carboxylic acid groups (broad SMARTS) is 1. The van der Waals surface area contributed by atoms with Crippen molar-refractivity contribution >= 4 is 28.6 Å². The predicted molar refractivity (Wildman–Crippen MR) is 95.4 cm³/mol. The summed E-state index contributed by atoms with van der Waals surface area (Å²) in [5.74, 6) is -1.33. The average molecular weight is 342 g/mol. The molecular formula is C19H22N2O4. The van der Waals surface area contributed by atoms with Gasteiger partial charge in [-0.1, -0.05) is 30.3 Å². The van der Waals surface area contributed by atoms with Gasteiger partial charge >= 0.3 is 5.97 Å². The van der Waals surface area contributed by atoms with Crippen LogP contribution in [-0.2, 0) is 9.59 Å². The van der Waals surface area contributed by atoms with E-state index in [-0.39, 0.29) is 37.7 Å². The van der Waals surface area contributed by atoms with Crippen LogP contribution in [-0.4, -0.2) is 47.4 Å². The van der Waals surface area contributed by atoms with Gasteiger partial charge in [0.15, 0.2) is 0 Å². The Balaban J connectivity index is 1.86. The van der Waals surface area contributed by atoms with E-state index in [4.69, 9.17) is 5.11 Å². The molecule has 2 amide bonds. The maximum Gasteiger partial charge on any atom is 0.305 e. The highest BCUT2D eigenvalue weighted by Crippen LogP contribution is 2.15. The number of hydrogen-bond donors (Lipinski definition) is 2. The smallest absolute Gasteiger partial charge is 0.305 e. The molecule has 0 spiro atoms. The van der Waals surface area contributed by atoms with E-state index in [1.54, 1.807) is 13.0 Å². The van der Waals surface area contributed by atoms with Crippen molar-refractivity contribution in [1.29, 1.82) is 0 Å². The summed E-state index contributed by atoms with van der Waals surface area (Å²) in [6, 6.07) is 13.2. The number of benzene rings is 2. The molecule has 0 aliphatic carbocycles. The third kappa shape index (κ3) is 5.31. The number of carbonyl (C=O) groups excluding carboxylic acids is 2. The minimum atomic E-state index is -0.934. The molecule has 0 aromatic heterocycles. The molecule has 0 fully saturated rings. The summed E-state index contributed by atoms with van der Waals surface area (Å²) in [6.45, 7) is 2.65. The highest BCUT2D eigenvalue weighted by Gasteiger charge is 2.13. The molecule has 0 saturated heterocycles. The molecule has 2 aromatic carbocycles. The largest absolute Gasteiger partial charge is 0.481 e. The van der Waals surface area contributed by atoms with Gasteiger partial charge in [-0.3, -0.25) is 14.4 Å². The molecule has 0 aliphatic heterocycles. The predicted octanol–water partition coefficient (Wildman–Crippen LogP) is 2.28. The minimum absolute atomic E-state index is 0.0803. The van der Waals surface area contributed by atoms with Crippen LogP contribution in [0.1, 0.15) is 30.1 Å². The SMILES string of the molecule is CCN(CCC(=O)O)C(=O)CCNC(=O)c1ccc2ccccc2c1. The quantitative estimate of drug-likeness (QED) is 0.770. The van der Waals surface area contributed by atoms with Crippen LogP contribution in [0.3, 0.4) is 0 Å². The normalized spacial score (nSPS) is 10.4. The van der Waals surface area contributed by atoms with E-state index < -0.39 is 5.97 Å². The third-order valence-corrected chi connectivity index (χ3v) is 3.97. The maximum absolute atomic E-state index is 12.2. The molecular weight excluding hydrogens is 320 g/mol. The van der Waals surface area contributed by atoms with Crippen molar-refractivity contribution in [3.05, 3.63) is 48.0 Å². The summed E-state index contributed by atoms with van der Waals surface area (Å²) in [5, 5.41) is 13.5. The van der Waals surface area contributed by atoms with Crippen molar-refractivity contribution in [2.45, 2.75) is 19.8 Å². The van der Waals surface area contributed by atoms with Gasteiger partial charge in [-0.2, -0.15) is 0 Å². The molecule has 6 nitrogen and oxygen atoms in total. The van der Waals surface area contributed by atoms with Crippen molar-refractivity contribution in [2.75, 3.05) is 19.6 Å². The van der Waals surface area contributed by atoms with E-state index in [1.165, 1.54) is 4.90 Å². The molecule has 0 unspecified atom stereocenters. The van der Waals surface area contributed by atoms with Crippen LogP contribution in [0.25, 0.3) is 10.8 Å². The van der Waals surface area contributed by atoms with Crippen LogP contribution in [0.2, 0.25) is 0 Å². The number of carboxylic acids is 1. The lowest BCUT2D eigenvalue weighted by atomic mass is 10.1. The Labute approximate surface area is 146 Å². The van der Waals surface area contributed by atoms with Gasteiger partial charge in [0, 0.05) is 31.6 Å². The zero-order valence-electron chi connectivity index (χ0n) is 14.2. The van der Waals surface area contributed by atoms with Gasteiger partial charge in [0.25, 0.3) is 5.91 Å². The van der Waals surface area contributed by atoms with Gasteiger partial charge in [-0.15, -0.1) is 0 Å². The van der Waals surface area contributed by atoms with Crippen molar-refractivity contribution in [3.63, 3.8) is 0 Å². The first-order chi connectivity index (χ1) is 12.0. The van der Waals surface area contributed by atoms with Crippen LogP contribution < -0.4 is 5.32 Å². The van der Waals surface area contributed by atoms with Crippen molar-refractivity contribution in [3.8, 4) is 0 Å². The summed E-state index contributed by atoms with van der Waals surface area (Å²) in [6.07, 6.45) is 0.0653. The Hall–Kier alpha value is -2.89. The lowest BCUT2D eigenvalue weighted by Gasteiger charge is -2.20. The van der Waals surface area contributed by atoms with Crippen molar-refractivity contribution in [1.82, 2.24) is 10.2 Å². The molecule has 132 valence electrons. The van der Waals surface area contributed by atoms with Gasteiger partial charge in [0.1, 0.15) is 0 Å². The van der Waals surface area contributed by atoms with E-state index in [2.05, 4.69) is 5.32 Å². The second-order valence-electron chi connectivity index (χ2n) is 5.68. The summed E-state index contributed by atoms with van der Waals surface area (Å²) in [7, 11) is 0. The van der Waals surface area contributed by atoms with E-state index >= 15 is 0 Å². The molecule has 6 heteroatoms. The maximum atomic E-state index is 12.2. The minimum Gasteiger partial charge on any atom is -0.481 e. The van der Waals surface area contributed by atoms with Gasteiger partial charge in [0.2, 0.25) is 5.91 Å². The molecule has 0 radical (unpaired) electrons. The topological polar surface area (TPSA) is 86.7 Å². The highest BCUT2D eigenvalue weighted by atomic mass is 16.4. The molecule has 0 heterocycles. The fourth-order valence-electron chi connectivity index (χ4n) is 2.56. The molecule has 0 atom stereocenters. The molecule has 0 saturated carbocycles. The first-order valence-corrected chi connectivity index (χ1v) is 8.28. The Bertz CT molecular complexity index is 773. The monoisotopic (exact) mass is 342 g/mol. The summed E-state index contributed by atoms with van der Waals surface area (Å²) in [5.41, 5.74) is 0.546. The first-order valence-electron chi connectivity index (χ1n) is 8.28. The number of nitrogens with zero attached hydrogens (tertiary/aromatic N) is 1. The molecule has 2 aromatic rings. The summed E-state index contributed by atoms with van der Waals surface area (Å²) < 4.78 is 0. The molecule has 25 heavy (non-hydrogen) atoms. The standard InChI is InChI=1S/C19H22N2O4/c1-2-21(12-10-18(23)24)17(22)9-11-20-19(25)16-8-7-14-5-3-4-6-15(14)13-16/h3-8,13H,2,9-12H2,1H3,(H,20,25)(H,23,24). The third-order valence-electron chi connectivity index (χ3n) is 3.97. The second-order valence-corrected chi connectivity index (χ2v) is 5.68. The number of nitrogens with one attached hydrogen (secondary N) is 1. The number of carbonyl (C=O) groups is 3. The number of hydrogen-bond acceptors (Lipinski definition) is 3. The Morgan fingerprint density at radius 3 is 2.44 bits per heavy atom. The number of fused-ring (bicyclic) bond motifs is 1. The summed E-state index contributed by atoms with van der Waals surface area (Å²) >= 11 is 0. The van der Waals surface area contributed by atoms with E-state index in [1.807, 2.05) is 36.4 Å². The molecule has 0 aliphatic rings. The van der Waals surface area contributed by atoms with E-state index in [0.29, 0.717) is 12.1 Å². The Kier molecular flexibility index (Phi) is 6.51. The van der Waals surface area contributed by atoms with E-state index in [0.717, 1.165) is 10.8 Å². The zero-order chi connectivity index (χ0) is 18.2. The van der Waals surface area contributed by atoms with Crippen LogP contribution in [0.4, 0.5) is 0 Å². The van der Waals surface area contributed by atoms with Gasteiger partial charge in [-0.25, -0.2) is 0 Å². The number of rotatable bonds is 8. The zero-order valence-corrected chi connectivity index (χ0v) is 14.2. The van der Waals surface area contributed by atoms with Crippen LogP contribution in [0, 0.1) is 0 Å². The fraction of sp³-hybridized carbons (Fsp3) is 0.316. The van der Waals surface area contributed by atoms with Crippen molar-refractivity contribution < 1.29 is 19.5 Å². The first kappa shape index (κ1) is 18.4. The number of amides is 2. The average Bonchev–Trinajstić information content (AvgIpc) is 2.61. The molecule has 2 rings (SSSR count). The Morgan fingerprint density at radius 2 is 1.76 bits per heavy atom. The number of aliphatic carboxylic acids is 1.